The Kier molecular flexibility index (Phi) is 13.8. The molecule has 0 saturated carbocycles. The van der Waals surface area contributed by atoms with Gasteiger partial charge in [0, 0.05) is 38.1 Å². The van der Waals surface area contributed by atoms with Crippen molar-refractivity contribution in [1.82, 2.24) is 24.4 Å². The number of hydrogen-bond donors (Lipinski definition) is 0. The van der Waals surface area contributed by atoms with E-state index in [1.54, 1.807) is 29.6 Å². The van der Waals surface area contributed by atoms with E-state index < -0.39 is 5.60 Å². The van der Waals surface area contributed by atoms with Crippen molar-refractivity contribution in [1.29, 1.82) is 5.26 Å². The number of rotatable bonds is 2. The highest BCUT2D eigenvalue weighted by atomic mass is 16.6. The number of aromatic nitrogens is 4. The van der Waals surface area contributed by atoms with E-state index in [1.165, 1.54) is 0 Å². The van der Waals surface area contributed by atoms with Gasteiger partial charge >= 0.3 is 6.09 Å². The molecule has 0 radical (unpaired) electrons. The number of aryl methyl sites for hydroxylation is 1. The lowest BCUT2D eigenvalue weighted by Gasteiger charge is -2.40. The monoisotopic (exact) mass is 549 g/mol. The molecule has 4 rings (SSSR count). The molecule has 4 heterocycles. The number of pyridine rings is 1. The van der Waals surface area contributed by atoms with E-state index in [4.69, 9.17) is 4.74 Å². The summed E-state index contributed by atoms with van der Waals surface area (Å²) in [6.07, 6.45) is 8.84. The third kappa shape index (κ3) is 8.80. The zero-order valence-corrected chi connectivity index (χ0v) is 26.2. The van der Waals surface area contributed by atoms with Crippen LogP contribution in [0.5, 0.6) is 0 Å². The number of carbonyl (C=O) groups excluding carboxylic acids is 1. The fourth-order valence-electron chi connectivity index (χ4n) is 4.00. The largest absolute Gasteiger partial charge is 0.444 e. The van der Waals surface area contributed by atoms with E-state index in [1.807, 2.05) is 99.1 Å². The van der Waals surface area contributed by atoms with Gasteiger partial charge < -0.3 is 14.5 Å². The molecule has 218 valence electrons. The molecule has 1 amide bonds. The number of amides is 1. The van der Waals surface area contributed by atoms with Crippen LogP contribution >= 0.6 is 0 Å². The van der Waals surface area contributed by atoms with Crippen LogP contribution in [-0.2, 0) is 4.74 Å². The highest BCUT2D eigenvalue weighted by Crippen LogP contribution is 2.31. The average molecular weight is 550 g/mol. The highest BCUT2D eigenvalue weighted by Gasteiger charge is 2.32. The Labute approximate surface area is 240 Å². The van der Waals surface area contributed by atoms with Crippen molar-refractivity contribution < 1.29 is 9.53 Å². The average Bonchev–Trinajstić information content (AvgIpc) is 3.31. The zero-order chi connectivity index (χ0) is 30.5. The smallest absolute Gasteiger partial charge is 0.410 e. The Morgan fingerprint density at radius 3 is 2.30 bits per heavy atom. The molecule has 0 aromatic carbocycles. The molecule has 1 fully saturated rings. The summed E-state index contributed by atoms with van der Waals surface area (Å²) in [5.74, 6) is 1.47. The van der Waals surface area contributed by atoms with Crippen molar-refractivity contribution in [3.63, 3.8) is 0 Å². The van der Waals surface area contributed by atoms with Crippen LogP contribution in [0.1, 0.15) is 80.4 Å². The van der Waals surface area contributed by atoms with E-state index in [9.17, 15) is 10.1 Å². The number of piperazine rings is 1. The van der Waals surface area contributed by atoms with Crippen molar-refractivity contribution >= 4 is 22.9 Å². The Hall–Kier alpha value is -3.93. The first-order valence-corrected chi connectivity index (χ1v) is 14.1. The lowest BCUT2D eigenvalue weighted by molar-refractivity contribution is 0.0158. The summed E-state index contributed by atoms with van der Waals surface area (Å²) < 4.78 is 7.44. The molecule has 40 heavy (non-hydrogen) atoms. The summed E-state index contributed by atoms with van der Waals surface area (Å²) in [5.41, 5.74) is 1.76. The first-order valence-electron chi connectivity index (χ1n) is 14.1. The topological polar surface area (TPSA) is 100 Å². The minimum atomic E-state index is -0.524. The van der Waals surface area contributed by atoms with E-state index in [2.05, 4.69) is 25.9 Å². The van der Waals surface area contributed by atoms with Crippen molar-refractivity contribution in [2.75, 3.05) is 24.5 Å². The second-order valence-electron chi connectivity index (χ2n) is 9.73. The summed E-state index contributed by atoms with van der Waals surface area (Å²) in [6.45, 7) is 23.5. The molecule has 9 heteroatoms. The van der Waals surface area contributed by atoms with E-state index in [0.29, 0.717) is 31.0 Å². The van der Waals surface area contributed by atoms with E-state index in [-0.39, 0.29) is 12.1 Å². The van der Waals surface area contributed by atoms with Crippen LogP contribution in [-0.4, -0.2) is 61.8 Å². The van der Waals surface area contributed by atoms with Gasteiger partial charge in [0.2, 0.25) is 0 Å². The molecule has 9 nitrogen and oxygen atoms in total. The van der Waals surface area contributed by atoms with Crippen LogP contribution in [0.15, 0.2) is 43.0 Å². The van der Waals surface area contributed by atoms with Crippen molar-refractivity contribution in [2.24, 2.45) is 0 Å². The molecule has 1 saturated heterocycles. The minimum absolute atomic E-state index is 0.0278. The predicted octanol–water partition coefficient (Wildman–Crippen LogP) is 7.08. The van der Waals surface area contributed by atoms with Crippen LogP contribution in [0, 0.1) is 18.3 Å². The Bertz CT molecular complexity index is 1280. The molecule has 1 atom stereocenters. The fourth-order valence-corrected chi connectivity index (χ4v) is 4.00. The second kappa shape index (κ2) is 16.2. The summed E-state index contributed by atoms with van der Waals surface area (Å²) in [7, 11) is 0. The highest BCUT2D eigenvalue weighted by molar-refractivity contribution is 5.92. The van der Waals surface area contributed by atoms with Crippen molar-refractivity contribution in [3.8, 4) is 11.9 Å². The van der Waals surface area contributed by atoms with Crippen LogP contribution in [0.3, 0.4) is 0 Å². The maximum Gasteiger partial charge on any atom is 0.410 e. The predicted molar refractivity (Wildman–Crippen MR) is 164 cm³/mol. The molecule has 1 aliphatic rings. The number of carbonyl (C=O) groups is 1. The Morgan fingerprint density at radius 1 is 1.10 bits per heavy atom. The van der Waals surface area contributed by atoms with Gasteiger partial charge in [-0.25, -0.2) is 19.7 Å². The van der Waals surface area contributed by atoms with Gasteiger partial charge in [-0.15, -0.1) is 0 Å². The first kappa shape index (κ1) is 34.1. The lowest BCUT2D eigenvalue weighted by Crippen LogP contribution is -2.55. The maximum absolute atomic E-state index is 12.6. The minimum Gasteiger partial charge on any atom is -0.444 e. The van der Waals surface area contributed by atoms with Gasteiger partial charge in [-0.1, -0.05) is 39.8 Å². The Balaban J connectivity index is 0.000000902. The number of ether oxygens (including phenoxy) is 1. The van der Waals surface area contributed by atoms with Crippen molar-refractivity contribution in [3.05, 3.63) is 54.1 Å². The van der Waals surface area contributed by atoms with Crippen LogP contribution in [0.25, 0.3) is 16.9 Å². The zero-order valence-electron chi connectivity index (χ0n) is 26.2. The summed E-state index contributed by atoms with van der Waals surface area (Å²) >= 11 is 0. The molecule has 0 spiro atoms. The molecule has 0 aliphatic carbocycles. The van der Waals surface area contributed by atoms with Gasteiger partial charge in [0.15, 0.2) is 5.65 Å². The molecular formula is C31H47N7O2. The van der Waals surface area contributed by atoms with Gasteiger partial charge in [-0.05, 0) is 66.2 Å². The second-order valence-corrected chi connectivity index (χ2v) is 9.73. The fraction of sp³-hybridized carbons (Fsp3) is 0.516. The molecular weight excluding hydrogens is 502 g/mol. The lowest BCUT2D eigenvalue weighted by atomic mass is 10.1. The maximum atomic E-state index is 12.6. The summed E-state index contributed by atoms with van der Waals surface area (Å²) in [4.78, 5) is 30.0. The number of allylic oxidation sites excluding steroid dienone is 2. The van der Waals surface area contributed by atoms with Crippen LogP contribution in [0.4, 0.5) is 10.6 Å². The summed E-state index contributed by atoms with van der Waals surface area (Å²) in [6, 6.07) is 5.54. The van der Waals surface area contributed by atoms with Crippen LogP contribution < -0.4 is 4.90 Å². The van der Waals surface area contributed by atoms with Gasteiger partial charge in [0.05, 0.1) is 17.0 Å². The van der Waals surface area contributed by atoms with Gasteiger partial charge in [-0.3, -0.25) is 4.57 Å². The van der Waals surface area contributed by atoms with Gasteiger partial charge in [0.25, 0.3) is 0 Å². The molecule has 1 aliphatic heterocycles. The normalized spacial score (nSPS) is 14.7. The number of hydrogen-bond acceptors (Lipinski definition) is 7. The van der Waals surface area contributed by atoms with Crippen LogP contribution in [0.2, 0.25) is 0 Å². The number of nitriles is 1. The molecule has 1 unspecified atom stereocenters. The summed E-state index contributed by atoms with van der Waals surface area (Å²) in [5, 5.41) is 10.2. The van der Waals surface area contributed by atoms with Gasteiger partial charge in [0.1, 0.15) is 23.6 Å². The number of fused-ring (bicyclic) bond motifs is 1. The standard InChI is InChI=1S/C23H27N7O2.C4H8.2C2H6/c1-15-12-30(18-10-17(11-24)6-7-25-18)21-19(15)20(26-14-27-21)28-8-9-29(16(2)13-28)22(31)32-23(3,4)5;1-3-4-2;2*1-2/h6-7,10,12,14,16H,8-9,13H2,1-5H3;3-4H,1-2H3;2*1-2H3/b;4-3-;;. The van der Waals surface area contributed by atoms with Gasteiger partial charge in [-0.2, -0.15) is 5.26 Å². The number of anilines is 1. The van der Waals surface area contributed by atoms with E-state index >= 15 is 0 Å². The third-order valence-corrected chi connectivity index (χ3v) is 5.76. The van der Waals surface area contributed by atoms with E-state index in [0.717, 1.165) is 22.4 Å². The number of nitrogens with zero attached hydrogens (tertiary/aromatic N) is 7. The first-order chi connectivity index (χ1) is 19.1. The Morgan fingerprint density at radius 2 is 1.75 bits per heavy atom. The molecule has 0 bridgehead atoms. The molecule has 3 aromatic rings. The molecule has 3 aromatic heterocycles. The van der Waals surface area contributed by atoms with Crippen molar-refractivity contribution in [2.45, 2.75) is 87.8 Å². The quantitative estimate of drug-likeness (QED) is 0.315. The SMILES string of the molecule is C/C=C\C.CC.CC.Cc1cn(-c2cc(C#N)ccn2)c2ncnc(N3CCN(C(=O)OC(C)(C)C)C(C)C3)c12. The molecule has 0 N–H and O–H groups in total. The third-order valence-electron chi connectivity index (χ3n) is 5.76.